The summed E-state index contributed by atoms with van der Waals surface area (Å²) >= 11 is 0.807. The normalized spacial score (nSPS) is 17.4. The number of alkyl halides is 3. The number of anilines is 1. The van der Waals surface area contributed by atoms with Crippen molar-refractivity contribution in [1.29, 1.82) is 0 Å². The quantitative estimate of drug-likeness (QED) is 0.232. The SMILES string of the molecule is O=C1NC(=O)C(=Cc2ccnc(N3CCC(CNCc4cc(C(F)(F)F)cc(-c5cc(F)nc(F)c5)n4)CC3)n2)S1. The highest BCUT2D eigenvalue weighted by Crippen LogP contribution is 2.32. The number of hydrogen-bond acceptors (Lipinski definition) is 9. The third-order valence-corrected chi connectivity index (χ3v) is 7.30. The standard InChI is InChI=1S/C26H22F5N7O2S/c27-21-7-15(8-22(28)36-21)19-10-16(26(29,30)31)9-18(34-19)13-32-12-14-2-5-38(6-3-14)24-33-4-1-17(35-24)11-20-23(39)37-25(40)41-20/h1,4,7-11,14,32H,2-3,5-6,12-13H2,(H,37,39,40). The van der Waals surface area contributed by atoms with Gasteiger partial charge in [0.15, 0.2) is 0 Å². The van der Waals surface area contributed by atoms with Crippen LogP contribution in [0.1, 0.15) is 29.8 Å². The van der Waals surface area contributed by atoms with Crippen LogP contribution in [0.25, 0.3) is 17.3 Å². The van der Waals surface area contributed by atoms with Crippen molar-refractivity contribution in [3.63, 3.8) is 0 Å². The highest BCUT2D eigenvalue weighted by molar-refractivity contribution is 8.18. The Balaban J connectivity index is 1.18. The molecule has 2 aliphatic rings. The van der Waals surface area contributed by atoms with E-state index in [1.54, 1.807) is 12.3 Å². The Morgan fingerprint density at radius 3 is 2.44 bits per heavy atom. The molecule has 2 amide bonds. The van der Waals surface area contributed by atoms with Crippen molar-refractivity contribution < 1.29 is 31.5 Å². The first kappa shape index (κ1) is 28.5. The Kier molecular flexibility index (Phi) is 8.26. The molecule has 2 aliphatic heterocycles. The zero-order valence-electron chi connectivity index (χ0n) is 21.2. The molecule has 5 heterocycles. The Hall–Kier alpha value is -3.98. The summed E-state index contributed by atoms with van der Waals surface area (Å²) in [5.74, 6) is -2.06. The predicted octanol–water partition coefficient (Wildman–Crippen LogP) is 4.56. The van der Waals surface area contributed by atoms with E-state index < -0.39 is 34.8 Å². The maximum Gasteiger partial charge on any atom is 0.416 e. The molecule has 0 atom stereocenters. The predicted molar refractivity (Wildman–Crippen MR) is 140 cm³/mol. The Morgan fingerprint density at radius 2 is 1.78 bits per heavy atom. The molecule has 0 spiro atoms. The van der Waals surface area contributed by atoms with Crippen LogP contribution < -0.4 is 15.5 Å². The molecule has 3 aromatic heterocycles. The summed E-state index contributed by atoms with van der Waals surface area (Å²) in [6, 6.07) is 4.97. The smallest absolute Gasteiger partial charge is 0.341 e. The fourth-order valence-corrected chi connectivity index (χ4v) is 5.16. The van der Waals surface area contributed by atoms with Gasteiger partial charge in [0, 0.05) is 43.5 Å². The second kappa shape index (κ2) is 11.9. The van der Waals surface area contributed by atoms with Gasteiger partial charge in [-0.15, -0.1) is 0 Å². The number of aromatic nitrogens is 4. The number of amides is 2. The summed E-state index contributed by atoms with van der Waals surface area (Å²) in [7, 11) is 0. The molecule has 5 rings (SSSR count). The molecule has 0 aliphatic carbocycles. The molecule has 2 fully saturated rings. The largest absolute Gasteiger partial charge is 0.416 e. The van der Waals surface area contributed by atoms with Crippen LogP contribution in [-0.2, 0) is 17.5 Å². The summed E-state index contributed by atoms with van der Waals surface area (Å²) in [5.41, 5.74) is -0.740. The zero-order chi connectivity index (χ0) is 29.1. The Morgan fingerprint density at radius 1 is 1.05 bits per heavy atom. The van der Waals surface area contributed by atoms with Crippen LogP contribution in [0.15, 0.2) is 41.4 Å². The van der Waals surface area contributed by atoms with E-state index in [-0.39, 0.29) is 34.3 Å². The van der Waals surface area contributed by atoms with E-state index in [9.17, 15) is 31.5 Å². The molecule has 214 valence electrons. The van der Waals surface area contributed by atoms with E-state index in [0.717, 1.165) is 48.9 Å². The van der Waals surface area contributed by atoms with Crippen LogP contribution in [0.3, 0.4) is 0 Å². The molecule has 0 saturated carbocycles. The van der Waals surface area contributed by atoms with E-state index in [1.165, 1.54) is 6.08 Å². The Bertz CT molecular complexity index is 1490. The van der Waals surface area contributed by atoms with Crippen molar-refractivity contribution in [2.75, 3.05) is 24.5 Å². The van der Waals surface area contributed by atoms with E-state index in [1.807, 2.05) is 4.90 Å². The maximum atomic E-state index is 13.6. The van der Waals surface area contributed by atoms with Gasteiger partial charge in [0.1, 0.15) is 0 Å². The summed E-state index contributed by atoms with van der Waals surface area (Å²) in [5, 5.41) is 4.91. The van der Waals surface area contributed by atoms with Crippen molar-refractivity contribution >= 4 is 34.9 Å². The molecule has 15 heteroatoms. The maximum absolute atomic E-state index is 13.6. The Labute approximate surface area is 234 Å². The summed E-state index contributed by atoms with van der Waals surface area (Å²) in [6.07, 6.45) is -0.0238. The van der Waals surface area contributed by atoms with Gasteiger partial charge in [0.25, 0.3) is 11.1 Å². The topological polar surface area (TPSA) is 113 Å². The van der Waals surface area contributed by atoms with Crippen molar-refractivity contribution in [3.8, 4) is 11.3 Å². The monoisotopic (exact) mass is 591 g/mol. The molecule has 0 radical (unpaired) electrons. The number of rotatable bonds is 7. The van der Waals surface area contributed by atoms with Crippen molar-refractivity contribution in [3.05, 3.63) is 70.3 Å². The number of piperidine rings is 1. The van der Waals surface area contributed by atoms with Crippen LogP contribution in [0.5, 0.6) is 0 Å². The van der Waals surface area contributed by atoms with Crippen molar-refractivity contribution in [2.24, 2.45) is 5.92 Å². The fraction of sp³-hybridized carbons (Fsp3) is 0.308. The number of carbonyl (C=O) groups is 2. The van der Waals surface area contributed by atoms with Crippen LogP contribution in [-0.4, -0.2) is 50.7 Å². The van der Waals surface area contributed by atoms with E-state index in [2.05, 4.69) is 30.6 Å². The third kappa shape index (κ3) is 7.21. The first-order valence-corrected chi connectivity index (χ1v) is 13.3. The highest BCUT2D eigenvalue weighted by Gasteiger charge is 2.32. The summed E-state index contributed by atoms with van der Waals surface area (Å²) in [4.78, 5) is 41.4. The molecular weight excluding hydrogens is 569 g/mol. The third-order valence-electron chi connectivity index (χ3n) is 6.49. The van der Waals surface area contributed by atoms with Crippen molar-refractivity contribution in [1.82, 2.24) is 30.6 Å². The molecule has 0 aromatic carbocycles. The van der Waals surface area contributed by atoms with Gasteiger partial charge in [0.2, 0.25) is 17.8 Å². The first-order chi connectivity index (χ1) is 19.5. The summed E-state index contributed by atoms with van der Waals surface area (Å²) < 4.78 is 67.7. The molecule has 41 heavy (non-hydrogen) atoms. The van der Waals surface area contributed by atoms with Gasteiger partial charge >= 0.3 is 6.18 Å². The lowest BCUT2D eigenvalue weighted by Crippen LogP contribution is -2.38. The van der Waals surface area contributed by atoms with Gasteiger partial charge in [-0.1, -0.05) is 0 Å². The number of nitrogens with one attached hydrogen (secondary N) is 2. The number of pyridine rings is 2. The number of thioether (sulfide) groups is 1. The minimum Gasteiger partial charge on any atom is -0.341 e. The van der Waals surface area contributed by atoms with Crippen LogP contribution in [0, 0.1) is 17.8 Å². The van der Waals surface area contributed by atoms with E-state index >= 15 is 0 Å². The van der Waals surface area contributed by atoms with Gasteiger partial charge in [0.05, 0.1) is 27.6 Å². The molecule has 0 unspecified atom stereocenters. The average Bonchev–Trinajstić information content (AvgIpc) is 3.24. The molecular formula is C26H22F5N7O2S. The van der Waals surface area contributed by atoms with Gasteiger partial charge in [-0.05, 0) is 61.3 Å². The lowest BCUT2D eigenvalue weighted by atomic mass is 9.97. The average molecular weight is 592 g/mol. The second-order valence-electron chi connectivity index (χ2n) is 9.43. The number of imide groups is 1. The lowest BCUT2D eigenvalue weighted by Gasteiger charge is -2.32. The van der Waals surface area contributed by atoms with Crippen molar-refractivity contribution in [2.45, 2.75) is 25.6 Å². The second-order valence-corrected chi connectivity index (χ2v) is 10.4. The van der Waals surface area contributed by atoms with Gasteiger partial charge < -0.3 is 10.2 Å². The van der Waals surface area contributed by atoms with Crippen LogP contribution in [0.4, 0.5) is 32.7 Å². The molecule has 2 N–H and O–H groups in total. The minimum atomic E-state index is -4.67. The number of hydrogen-bond donors (Lipinski definition) is 2. The molecule has 3 aromatic rings. The first-order valence-electron chi connectivity index (χ1n) is 12.5. The van der Waals surface area contributed by atoms with Crippen LogP contribution >= 0.6 is 11.8 Å². The zero-order valence-corrected chi connectivity index (χ0v) is 22.0. The van der Waals surface area contributed by atoms with Crippen LogP contribution in [0.2, 0.25) is 0 Å². The minimum absolute atomic E-state index is 0.0289. The molecule has 2 saturated heterocycles. The fourth-order valence-electron chi connectivity index (χ4n) is 4.49. The van der Waals surface area contributed by atoms with Gasteiger partial charge in [-0.3, -0.25) is 19.9 Å². The number of carbonyl (C=O) groups excluding carboxylic acids is 2. The molecule has 0 bridgehead atoms. The highest BCUT2D eigenvalue weighted by atomic mass is 32.2. The number of halogens is 5. The van der Waals surface area contributed by atoms with Gasteiger partial charge in [-0.2, -0.15) is 26.9 Å². The summed E-state index contributed by atoms with van der Waals surface area (Å²) in [6.45, 7) is 1.84. The number of nitrogens with zero attached hydrogens (tertiary/aromatic N) is 5. The van der Waals surface area contributed by atoms with Gasteiger partial charge in [-0.25, -0.2) is 9.97 Å². The van der Waals surface area contributed by atoms with E-state index in [0.29, 0.717) is 31.3 Å². The lowest BCUT2D eigenvalue weighted by molar-refractivity contribution is -0.137. The molecule has 9 nitrogen and oxygen atoms in total. The van der Waals surface area contributed by atoms with E-state index in [4.69, 9.17) is 0 Å².